The van der Waals surface area contributed by atoms with Crippen molar-refractivity contribution in [2.75, 3.05) is 0 Å². The normalized spacial score (nSPS) is 12.6. The van der Waals surface area contributed by atoms with Crippen LogP contribution >= 0.6 is 0 Å². The second-order valence-corrected chi connectivity index (χ2v) is 9.03. The van der Waals surface area contributed by atoms with E-state index in [1.807, 2.05) is 72.8 Å². The second kappa shape index (κ2) is 11.5. The van der Waals surface area contributed by atoms with E-state index < -0.39 is 11.4 Å². The van der Waals surface area contributed by atoms with Gasteiger partial charge in [0.15, 0.2) is 0 Å². The molecule has 4 rings (SSSR count). The third kappa shape index (κ3) is 5.99. The van der Waals surface area contributed by atoms with Crippen molar-refractivity contribution >= 4 is 5.97 Å². The molecule has 0 fully saturated rings. The van der Waals surface area contributed by atoms with Crippen LogP contribution in [0.4, 0.5) is 0 Å². The molecule has 4 aromatic rings. The van der Waals surface area contributed by atoms with Crippen molar-refractivity contribution in [3.63, 3.8) is 0 Å². The summed E-state index contributed by atoms with van der Waals surface area (Å²) in [6.45, 7) is 2.58. The molecule has 178 valence electrons. The minimum atomic E-state index is -0.984. The van der Waals surface area contributed by atoms with E-state index in [2.05, 4.69) is 43.3 Å². The van der Waals surface area contributed by atoms with Gasteiger partial charge < -0.3 is 9.84 Å². The monoisotopic (exact) mass is 464 g/mol. The van der Waals surface area contributed by atoms with Crippen LogP contribution in [-0.2, 0) is 23.2 Å². The summed E-state index contributed by atoms with van der Waals surface area (Å²) in [4.78, 5) is 12.8. The molecule has 35 heavy (non-hydrogen) atoms. The van der Waals surface area contributed by atoms with Gasteiger partial charge in [0.25, 0.3) is 0 Å². The van der Waals surface area contributed by atoms with Gasteiger partial charge in [0.2, 0.25) is 0 Å². The lowest BCUT2D eigenvalue weighted by atomic mass is 9.72. The molecule has 0 heterocycles. The first kappa shape index (κ1) is 24.3. The van der Waals surface area contributed by atoms with E-state index >= 15 is 0 Å². The van der Waals surface area contributed by atoms with Crippen LogP contribution < -0.4 is 4.74 Å². The lowest BCUT2D eigenvalue weighted by Gasteiger charge is -2.30. The van der Waals surface area contributed by atoms with Crippen LogP contribution in [0.3, 0.4) is 0 Å². The van der Waals surface area contributed by atoms with E-state index in [0.717, 1.165) is 46.4 Å². The Labute approximate surface area is 208 Å². The zero-order valence-corrected chi connectivity index (χ0v) is 20.2. The van der Waals surface area contributed by atoms with Gasteiger partial charge >= 0.3 is 5.97 Å². The molecule has 0 bridgehead atoms. The molecule has 4 aromatic carbocycles. The molecule has 0 aliphatic heterocycles. The first-order valence-electron chi connectivity index (χ1n) is 12.3. The minimum Gasteiger partial charge on any atom is -0.489 e. The van der Waals surface area contributed by atoms with E-state index in [1.54, 1.807) is 0 Å². The number of aliphatic carboxylic acids is 1. The summed E-state index contributed by atoms with van der Waals surface area (Å²) in [5.41, 5.74) is 4.23. The predicted molar refractivity (Wildman–Crippen MR) is 142 cm³/mol. The third-order valence-electron chi connectivity index (χ3n) is 6.59. The van der Waals surface area contributed by atoms with E-state index in [1.165, 1.54) is 0 Å². The summed E-state index contributed by atoms with van der Waals surface area (Å²) >= 11 is 0. The summed E-state index contributed by atoms with van der Waals surface area (Å²) in [5.74, 6) is -0.0457. The van der Waals surface area contributed by atoms with E-state index in [9.17, 15) is 9.90 Å². The standard InChI is InChI=1S/C32H32O3/c1-2-3-22-32(31(33)34,23-25-14-16-28(17-15-25)27-12-8-5-9-13-27)29-18-20-30(21-19-29)35-24-26-10-6-4-7-11-26/h4-21H,2-3,22-24H2,1H3,(H,33,34)/t32-/m1/s1. The summed E-state index contributed by atoms with van der Waals surface area (Å²) in [7, 11) is 0. The molecule has 0 aliphatic carbocycles. The fraction of sp³-hybridized carbons (Fsp3) is 0.219. The SMILES string of the molecule is CCCC[C@](Cc1ccc(-c2ccccc2)cc1)(C(=O)O)c1ccc(OCc2ccccc2)cc1. The number of ether oxygens (including phenoxy) is 1. The summed E-state index contributed by atoms with van der Waals surface area (Å²) in [6.07, 6.45) is 2.83. The van der Waals surface area contributed by atoms with Crippen LogP contribution in [0.25, 0.3) is 11.1 Å². The van der Waals surface area contributed by atoms with Crippen LogP contribution in [0.5, 0.6) is 5.75 Å². The van der Waals surface area contributed by atoms with Gasteiger partial charge in [0.1, 0.15) is 12.4 Å². The molecule has 0 unspecified atom stereocenters. The lowest BCUT2D eigenvalue weighted by Crippen LogP contribution is -2.38. The van der Waals surface area contributed by atoms with Crippen LogP contribution in [0.15, 0.2) is 109 Å². The molecule has 0 radical (unpaired) electrons. The quantitative estimate of drug-likeness (QED) is 0.247. The van der Waals surface area contributed by atoms with E-state index in [0.29, 0.717) is 19.4 Å². The molecule has 3 heteroatoms. The smallest absolute Gasteiger partial charge is 0.314 e. The zero-order valence-electron chi connectivity index (χ0n) is 20.2. The van der Waals surface area contributed by atoms with Crippen molar-refractivity contribution in [1.82, 2.24) is 0 Å². The fourth-order valence-electron chi connectivity index (χ4n) is 4.52. The number of unbranched alkanes of at least 4 members (excludes halogenated alkanes) is 1. The Kier molecular flexibility index (Phi) is 7.99. The highest BCUT2D eigenvalue weighted by Crippen LogP contribution is 2.36. The third-order valence-corrected chi connectivity index (χ3v) is 6.59. The Morgan fingerprint density at radius 3 is 1.94 bits per heavy atom. The van der Waals surface area contributed by atoms with Gasteiger partial charge in [-0.25, -0.2) is 0 Å². The van der Waals surface area contributed by atoms with Crippen molar-refractivity contribution < 1.29 is 14.6 Å². The number of carboxylic acids is 1. The summed E-state index contributed by atoms with van der Waals surface area (Å²) in [6, 6.07) is 36.1. The highest BCUT2D eigenvalue weighted by Gasteiger charge is 2.40. The molecule has 0 saturated carbocycles. The molecule has 0 spiro atoms. The fourth-order valence-corrected chi connectivity index (χ4v) is 4.52. The number of carboxylic acid groups (broad SMARTS) is 1. The van der Waals surface area contributed by atoms with Gasteiger partial charge in [-0.15, -0.1) is 0 Å². The average Bonchev–Trinajstić information content (AvgIpc) is 2.91. The summed E-state index contributed by atoms with van der Waals surface area (Å²) < 4.78 is 5.93. The largest absolute Gasteiger partial charge is 0.489 e. The van der Waals surface area contributed by atoms with Crippen molar-refractivity contribution in [2.45, 2.75) is 44.6 Å². The van der Waals surface area contributed by atoms with E-state index in [-0.39, 0.29) is 0 Å². The summed E-state index contributed by atoms with van der Waals surface area (Å²) in [5, 5.41) is 10.5. The molecule has 3 nitrogen and oxygen atoms in total. The van der Waals surface area contributed by atoms with Gasteiger partial charge in [0.05, 0.1) is 5.41 Å². The Morgan fingerprint density at radius 2 is 1.34 bits per heavy atom. The molecular formula is C32H32O3. The highest BCUT2D eigenvalue weighted by molar-refractivity contribution is 5.82. The molecule has 0 saturated heterocycles. The van der Waals surface area contributed by atoms with Crippen LogP contribution in [0.1, 0.15) is 42.9 Å². The average molecular weight is 465 g/mol. The molecular weight excluding hydrogens is 432 g/mol. The van der Waals surface area contributed by atoms with Crippen LogP contribution in [-0.4, -0.2) is 11.1 Å². The topological polar surface area (TPSA) is 46.5 Å². The molecule has 1 atom stereocenters. The van der Waals surface area contributed by atoms with Crippen molar-refractivity contribution in [3.8, 4) is 16.9 Å². The van der Waals surface area contributed by atoms with Crippen molar-refractivity contribution in [3.05, 3.63) is 126 Å². The maximum absolute atomic E-state index is 12.8. The van der Waals surface area contributed by atoms with Gasteiger partial charge in [0, 0.05) is 0 Å². The maximum Gasteiger partial charge on any atom is 0.314 e. The van der Waals surface area contributed by atoms with Gasteiger partial charge in [-0.1, -0.05) is 117 Å². The van der Waals surface area contributed by atoms with Crippen LogP contribution in [0.2, 0.25) is 0 Å². The molecule has 1 N–H and O–H groups in total. The predicted octanol–water partition coefficient (Wildman–Crippen LogP) is 7.69. The number of hydrogen-bond donors (Lipinski definition) is 1. The molecule has 0 aliphatic rings. The number of carbonyl (C=O) groups is 1. The second-order valence-electron chi connectivity index (χ2n) is 9.03. The lowest BCUT2D eigenvalue weighted by molar-refractivity contribution is -0.144. The first-order valence-corrected chi connectivity index (χ1v) is 12.3. The van der Waals surface area contributed by atoms with Crippen molar-refractivity contribution in [1.29, 1.82) is 0 Å². The molecule has 0 amide bonds. The van der Waals surface area contributed by atoms with Crippen molar-refractivity contribution in [2.24, 2.45) is 0 Å². The van der Waals surface area contributed by atoms with Crippen LogP contribution in [0, 0.1) is 0 Å². The Hall–Kier alpha value is -3.85. The molecule has 0 aromatic heterocycles. The number of rotatable bonds is 11. The number of hydrogen-bond acceptors (Lipinski definition) is 2. The Morgan fingerprint density at radius 1 is 0.743 bits per heavy atom. The van der Waals surface area contributed by atoms with Gasteiger partial charge in [-0.2, -0.15) is 0 Å². The Balaban J connectivity index is 1.56. The zero-order chi connectivity index (χ0) is 24.5. The Bertz CT molecular complexity index is 1200. The first-order chi connectivity index (χ1) is 17.1. The number of benzene rings is 4. The van der Waals surface area contributed by atoms with E-state index in [4.69, 9.17) is 4.74 Å². The minimum absolute atomic E-state index is 0.446. The maximum atomic E-state index is 12.8. The van der Waals surface area contributed by atoms with Gasteiger partial charge in [-0.3, -0.25) is 4.79 Å². The van der Waals surface area contributed by atoms with Gasteiger partial charge in [-0.05, 0) is 52.8 Å². The highest BCUT2D eigenvalue weighted by atomic mass is 16.5.